The zero-order chi connectivity index (χ0) is 34.5. The van der Waals surface area contributed by atoms with E-state index in [1.165, 1.54) is 49.5 Å². The average Bonchev–Trinajstić information content (AvgIpc) is 3.15. The number of aromatic hydroxyl groups is 1. The van der Waals surface area contributed by atoms with Crippen LogP contribution in [0.5, 0.6) is 17.2 Å². The van der Waals surface area contributed by atoms with Crippen LogP contribution in [0, 0.1) is 11.2 Å². The molecule has 2 aliphatic rings. The Kier molecular flexibility index (Phi) is 10.9. The first-order chi connectivity index (χ1) is 22.3. The number of methoxy groups -OCH3 is 2. The number of anilines is 2. The summed E-state index contributed by atoms with van der Waals surface area (Å²) in [5.74, 6) is -1.13. The third-order valence-electron chi connectivity index (χ3n) is 7.67. The summed E-state index contributed by atoms with van der Waals surface area (Å²) in [4.78, 5) is 33.6. The molecular formula is C37H39ClFN3O5. The standard InChI is InChI=1S/C29H27ClFN3O5.C8H12/c1-29(2)13-19-24(22(36)14-29)26(16-9-8-15(38-3)12-17(16)31)34(20-6-5-7-21(35)25(20)32-19)28(37)18-10-11-23(39-4)27(30)33-18;1-4-5-6-7-8(2)3/h5-12,26,32,35H,13-14H2,1-4H3;4-7H,2H2,1,3H3/b;5-4-,7-6-/t26-;/m0./s1. The van der Waals surface area contributed by atoms with Crippen LogP contribution in [-0.4, -0.2) is 36.0 Å². The van der Waals surface area contributed by atoms with E-state index in [1.807, 2.05) is 52.0 Å². The minimum absolute atomic E-state index is 0.0324. The molecule has 1 aliphatic carbocycles. The van der Waals surface area contributed by atoms with Crippen molar-refractivity contribution in [1.29, 1.82) is 0 Å². The molecule has 2 aromatic carbocycles. The Bertz CT molecular complexity index is 1800. The lowest BCUT2D eigenvalue weighted by Gasteiger charge is -2.37. The number of rotatable bonds is 6. The molecule has 1 aromatic heterocycles. The summed E-state index contributed by atoms with van der Waals surface area (Å²) >= 11 is 6.25. The zero-order valence-electron chi connectivity index (χ0n) is 27.4. The van der Waals surface area contributed by atoms with Crippen molar-refractivity contribution in [2.75, 3.05) is 24.4 Å². The monoisotopic (exact) mass is 659 g/mol. The van der Waals surface area contributed by atoms with E-state index in [-0.39, 0.29) is 62.8 Å². The lowest BCUT2D eigenvalue weighted by atomic mass is 9.73. The van der Waals surface area contributed by atoms with Crippen molar-refractivity contribution in [3.63, 3.8) is 0 Å². The highest BCUT2D eigenvalue weighted by Crippen LogP contribution is 2.51. The first-order valence-corrected chi connectivity index (χ1v) is 15.4. The van der Waals surface area contributed by atoms with E-state index >= 15 is 4.39 Å². The Morgan fingerprint density at radius 1 is 1.15 bits per heavy atom. The molecule has 0 saturated heterocycles. The van der Waals surface area contributed by atoms with E-state index in [4.69, 9.17) is 21.1 Å². The molecule has 0 bridgehead atoms. The number of ketones is 1. The summed E-state index contributed by atoms with van der Waals surface area (Å²) in [6.45, 7) is 11.6. The van der Waals surface area contributed by atoms with Crippen LogP contribution < -0.4 is 19.7 Å². The maximum Gasteiger partial charge on any atom is 0.277 e. The molecule has 246 valence electrons. The predicted octanol–water partition coefficient (Wildman–Crippen LogP) is 8.75. The second kappa shape index (κ2) is 14.7. The van der Waals surface area contributed by atoms with Gasteiger partial charge in [-0.1, -0.05) is 68.0 Å². The number of fused-ring (bicyclic) bond motifs is 1. The number of aromatic nitrogens is 1. The molecule has 5 rings (SSSR count). The summed E-state index contributed by atoms with van der Waals surface area (Å²) in [5, 5.41) is 14.1. The van der Waals surface area contributed by atoms with E-state index in [2.05, 4.69) is 16.9 Å². The normalized spacial score (nSPS) is 16.9. The number of para-hydroxylation sites is 1. The molecule has 2 heterocycles. The molecule has 0 spiro atoms. The molecular weight excluding hydrogens is 621 g/mol. The van der Waals surface area contributed by atoms with Crippen molar-refractivity contribution < 1.29 is 28.6 Å². The minimum Gasteiger partial charge on any atom is -0.506 e. The van der Waals surface area contributed by atoms with Gasteiger partial charge in [0.15, 0.2) is 16.7 Å². The van der Waals surface area contributed by atoms with Gasteiger partial charge < -0.3 is 19.9 Å². The molecule has 0 saturated carbocycles. The van der Waals surface area contributed by atoms with Crippen LogP contribution in [-0.2, 0) is 4.79 Å². The van der Waals surface area contributed by atoms with E-state index in [0.717, 1.165) is 5.57 Å². The molecule has 3 aromatic rings. The molecule has 8 nitrogen and oxygen atoms in total. The fourth-order valence-corrected chi connectivity index (χ4v) is 5.80. The first kappa shape index (κ1) is 35.0. The highest BCUT2D eigenvalue weighted by molar-refractivity contribution is 6.31. The summed E-state index contributed by atoms with van der Waals surface area (Å²) in [5.41, 5.74) is 1.93. The third kappa shape index (κ3) is 7.74. The van der Waals surface area contributed by atoms with Gasteiger partial charge in [0.2, 0.25) is 0 Å². The van der Waals surface area contributed by atoms with Gasteiger partial charge in [0, 0.05) is 29.3 Å². The van der Waals surface area contributed by atoms with Gasteiger partial charge in [-0.15, -0.1) is 0 Å². The second-order valence-corrected chi connectivity index (χ2v) is 12.4. The van der Waals surface area contributed by atoms with Gasteiger partial charge in [0.1, 0.15) is 28.7 Å². The fraction of sp³-hybridized carbons (Fsp3) is 0.270. The number of Topliss-reactive ketones (excluding diaryl/α,β-unsaturated/α-hetero) is 1. The number of hydrogen-bond acceptors (Lipinski definition) is 7. The van der Waals surface area contributed by atoms with Crippen molar-refractivity contribution in [2.45, 2.75) is 46.6 Å². The van der Waals surface area contributed by atoms with Crippen LogP contribution in [0.1, 0.15) is 62.6 Å². The SMILES string of the molecule is C=C(C)/C=C\C=C/C.COc1ccc([C@H]2C3=C(CC(C)(C)CC3=O)Nc3c(O)cccc3N2C(=O)c2ccc(OC)c(Cl)n2)c(F)c1. The summed E-state index contributed by atoms with van der Waals surface area (Å²) < 4.78 is 26.1. The van der Waals surface area contributed by atoms with Gasteiger partial charge >= 0.3 is 0 Å². The Labute approximate surface area is 279 Å². The molecule has 10 heteroatoms. The zero-order valence-corrected chi connectivity index (χ0v) is 28.1. The van der Waals surface area contributed by atoms with Gasteiger partial charge in [-0.3, -0.25) is 14.5 Å². The third-order valence-corrected chi connectivity index (χ3v) is 7.94. The van der Waals surface area contributed by atoms with Crippen LogP contribution >= 0.6 is 11.6 Å². The number of hydrogen-bond donors (Lipinski definition) is 2. The number of allylic oxidation sites excluding steroid dienone is 6. The van der Waals surface area contributed by atoms with Gasteiger partial charge in [0.05, 0.1) is 25.9 Å². The van der Waals surface area contributed by atoms with Gasteiger partial charge in [-0.05, 0) is 62.1 Å². The molecule has 0 radical (unpaired) electrons. The number of pyridine rings is 1. The van der Waals surface area contributed by atoms with E-state index in [9.17, 15) is 14.7 Å². The van der Waals surface area contributed by atoms with Crippen molar-refractivity contribution in [2.24, 2.45) is 5.41 Å². The molecule has 2 N–H and O–H groups in total. The van der Waals surface area contributed by atoms with Crippen LogP contribution in [0.25, 0.3) is 0 Å². The fourth-order valence-electron chi connectivity index (χ4n) is 5.56. The number of halogens is 2. The number of nitrogens with one attached hydrogen (secondary N) is 1. The average molecular weight is 660 g/mol. The number of carbonyl (C=O) groups excluding carboxylic acids is 2. The highest BCUT2D eigenvalue weighted by atomic mass is 35.5. The van der Waals surface area contributed by atoms with Crippen molar-refractivity contribution >= 4 is 34.7 Å². The Morgan fingerprint density at radius 3 is 2.51 bits per heavy atom. The molecule has 1 atom stereocenters. The number of amides is 1. The quantitative estimate of drug-likeness (QED) is 0.155. The predicted molar refractivity (Wildman–Crippen MR) is 184 cm³/mol. The first-order valence-electron chi connectivity index (χ1n) is 15.0. The van der Waals surface area contributed by atoms with Crippen molar-refractivity contribution in [3.05, 3.63) is 118 Å². The topological polar surface area (TPSA) is 101 Å². The number of ether oxygens (including phenoxy) is 2. The lowest BCUT2D eigenvalue weighted by Crippen LogP contribution is -2.40. The highest BCUT2D eigenvalue weighted by Gasteiger charge is 2.45. The number of nitrogens with zero attached hydrogens (tertiary/aromatic N) is 2. The summed E-state index contributed by atoms with van der Waals surface area (Å²) in [6.07, 6.45) is 8.54. The smallest absolute Gasteiger partial charge is 0.277 e. The Morgan fingerprint density at radius 2 is 1.89 bits per heavy atom. The maximum absolute atomic E-state index is 15.8. The van der Waals surface area contributed by atoms with Crippen LogP contribution in [0.2, 0.25) is 5.15 Å². The van der Waals surface area contributed by atoms with Gasteiger partial charge in [-0.2, -0.15) is 0 Å². The van der Waals surface area contributed by atoms with E-state index < -0.39 is 23.2 Å². The lowest BCUT2D eigenvalue weighted by molar-refractivity contribution is -0.118. The van der Waals surface area contributed by atoms with Gasteiger partial charge in [-0.25, -0.2) is 9.37 Å². The van der Waals surface area contributed by atoms with Crippen LogP contribution in [0.4, 0.5) is 15.8 Å². The van der Waals surface area contributed by atoms with E-state index in [0.29, 0.717) is 12.1 Å². The minimum atomic E-state index is -1.18. The maximum atomic E-state index is 15.8. The Balaban J connectivity index is 0.000000555. The molecule has 1 aliphatic heterocycles. The van der Waals surface area contributed by atoms with Gasteiger partial charge in [0.25, 0.3) is 5.91 Å². The largest absolute Gasteiger partial charge is 0.506 e. The summed E-state index contributed by atoms with van der Waals surface area (Å²) in [7, 11) is 2.85. The summed E-state index contributed by atoms with van der Waals surface area (Å²) in [6, 6.07) is 10.7. The van der Waals surface area contributed by atoms with Crippen LogP contribution in [0.3, 0.4) is 0 Å². The molecule has 0 fully saturated rings. The number of carbonyl (C=O) groups is 2. The molecule has 1 amide bonds. The second-order valence-electron chi connectivity index (χ2n) is 12.0. The number of benzene rings is 2. The van der Waals surface area contributed by atoms with Crippen LogP contribution in [0.15, 0.2) is 96.3 Å². The number of phenolic OH excluding ortho intramolecular Hbond substituents is 1. The Hall–Kier alpha value is -4.89. The molecule has 47 heavy (non-hydrogen) atoms. The molecule has 0 unspecified atom stereocenters. The van der Waals surface area contributed by atoms with E-state index in [1.54, 1.807) is 18.2 Å². The number of phenols is 1. The van der Waals surface area contributed by atoms with Crippen molar-refractivity contribution in [3.8, 4) is 17.2 Å². The van der Waals surface area contributed by atoms with Crippen molar-refractivity contribution in [1.82, 2.24) is 4.98 Å².